The van der Waals surface area contributed by atoms with Crippen LogP contribution in [0.2, 0.25) is 0 Å². The first-order valence-corrected chi connectivity index (χ1v) is 10.4. The Bertz CT molecular complexity index is 982. The molecule has 1 amide bonds. The van der Waals surface area contributed by atoms with E-state index in [0.717, 1.165) is 23.2 Å². The van der Waals surface area contributed by atoms with Crippen LogP contribution in [0, 0.1) is 0 Å². The lowest BCUT2D eigenvalue weighted by Crippen LogP contribution is -2.23. The standard InChI is InChI=1S/C24H30N4O3/c1-17(30-4)24-26-23(31-27-24)14-13-22(29)25-15-20-7-5-6-8-21(20)19-11-9-18(10-12-19)16-28(2)3/h5-12,17H,13-16H2,1-4H3,(H,25,29). The van der Waals surface area contributed by atoms with Gasteiger partial charge in [-0.05, 0) is 43.3 Å². The molecule has 1 unspecified atom stereocenters. The molecule has 7 heteroatoms. The summed E-state index contributed by atoms with van der Waals surface area (Å²) >= 11 is 0. The number of amides is 1. The van der Waals surface area contributed by atoms with Crippen molar-refractivity contribution in [2.75, 3.05) is 21.2 Å². The van der Waals surface area contributed by atoms with E-state index >= 15 is 0 Å². The molecule has 1 atom stereocenters. The highest BCUT2D eigenvalue weighted by molar-refractivity contribution is 5.76. The van der Waals surface area contributed by atoms with E-state index in [1.54, 1.807) is 7.11 Å². The number of carbonyl (C=O) groups excluding carboxylic acids is 1. The zero-order chi connectivity index (χ0) is 22.2. The molecule has 0 aliphatic heterocycles. The van der Waals surface area contributed by atoms with Gasteiger partial charge in [0.2, 0.25) is 11.8 Å². The summed E-state index contributed by atoms with van der Waals surface area (Å²) in [4.78, 5) is 18.8. The van der Waals surface area contributed by atoms with Crippen molar-refractivity contribution < 1.29 is 14.1 Å². The molecule has 31 heavy (non-hydrogen) atoms. The van der Waals surface area contributed by atoms with Crippen molar-refractivity contribution in [3.63, 3.8) is 0 Å². The highest BCUT2D eigenvalue weighted by Gasteiger charge is 2.14. The van der Waals surface area contributed by atoms with Gasteiger partial charge in [0.05, 0.1) is 0 Å². The van der Waals surface area contributed by atoms with Gasteiger partial charge in [0.15, 0.2) is 5.82 Å². The molecule has 0 aliphatic carbocycles. The minimum Gasteiger partial charge on any atom is -0.374 e. The molecule has 7 nitrogen and oxygen atoms in total. The number of hydrogen-bond acceptors (Lipinski definition) is 6. The van der Waals surface area contributed by atoms with Crippen LogP contribution in [-0.2, 0) is 29.0 Å². The Morgan fingerprint density at radius 1 is 1.16 bits per heavy atom. The lowest BCUT2D eigenvalue weighted by atomic mass is 9.98. The predicted molar refractivity (Wildman–Crippen MR) is 119 cm³/mol. The molecule has 2 aromatic carbocycles. The molecular weight excluding hydrogens is 392 g/mol. The average Bonchev–Trinajstić information content (AvgIpc) is 3.25. The van der Waals surface area contributed by atoms with E-state index in [9.17, 15) is 4.79 Å². The fourth-order valence-electron chi connectivity index (χ4n) is 3.25. The largest absolute Gasteiger partial charge is 0.374 e. The SMILES string of the molecule is COC(C)c1noc(CCC(=O)NCc2ccccc2-c2ccc(CN(C)C)cc2)n1. The van der Waals surface area contributed by atoms with E-state index in [0.29, 0.717) is 24.7 Å². The Kier molecular flexibility index (Phi) is 7.92. The van der Waals surface area contributed by atoms with Crippen molar-refractivity contribution >= 4 is 5.91 Å². The number of ether oxygens (including phenoxy) is 1. The second-order valence-corrected chi connectivity index (χ2v) is 7.79. The molecule has 0 saturated heterocycles. The van der Waals surface area contributed by atoms with Gasteiger partial charge in [0.1, 0.15) is 6.10 Å². The lowest BCUT2D eigenvalue weighted by Gasteiger charge is -2.13. The van der Waals surface area contributed by atoms with E-state index in [1.807, 2.05) is 25.1 Å². The zero-order valence-electron chi connectivity index (χ0n) is 18.6. The summed E-state index contributed by atoms with van der Waals surface area (Å²) in [5.74, 6) is 0.867. The van der Waals surface area contributed by atoms with Gasteiger partial charge < -0.3 is 19.5 Å². The number of aromatic nitrogens is 2. The average molecular weight is 423 g/mol. The molecule has 1 aromatic heterocycles. The van der Waals surface area contributed by atoms with Gasteiger partial charge in [-0.2, -0.15) is 4.98 Å². The number of rotatable bonds is 10. The van der Waals surface area contributed by atoms with Gasteiger partial charge in [-0.3, -0.25) is 4.79 Å². The van der Waals surface area contributed by atoms with E-state index < -0.39 is 0 Å². The first-order valence-electron chi connectivity index (χ1n) is 10.4. The normalized spacial score (nSPS) is 12.2. The number of nitrogens with one attached hydrogen (secondary N) is 1. The van der Waals surface area contributed by atoms with Crippen LogP contribution in [0.1, 0.15) is 42.3 Å². The highest BCUT2D eigenvalue weighted by atomic mass is 16.5. The number of aryl methyl sites for hydroxylation is 1. The molecule has 3 rings (SSSR count). The van der Waals surface area contributed by atoms with Crippen molar-refractivity contribution in [1.82, 2.24) is 20.4 Å². The zero-order valence-corrected chi connectivity index (χ0v) is 18.6. The third-order valence-corrected chi connectivity index (χ3v) is 5.02. The molecule has 0 bridgehead atoms. The molecule has 0 fully saturated rings. The number of carbonyl (C=O) groups is 1. The van der Waals surface area contributed by atoms with E-state index in [2.05, 4.69) is 64.8 Å². The van der Waals surface area contributed by atoms with Crippen LogP contribution in [-0.4, -0.2) is 42.2 Å². The molecule has 0 radical (unpaired) electrons. The van der Waals surface area contributed by atoms with Gasteiger partial charge in [0, 0.05) is 33.0 Å². The fraction of sp³-hybridized carbons (Fsp3) is 0.375. The van der Waals surface area contributed by atoms with Crippen LogP contribution < -0.4 is 5.32 Å². The van der Waals surface area contributed by atoms with Gasteiger partial charge in [-0.25, -0.2) is 0 Å². The lowest BCUT2D eigenvalue weighted by molar-refractivity contribution is -0.121. The van der Waals surface area contributed by atoms with Gasteiger partial charge in [0.25, 0.3) is 0 Å². The minimum atomic E-state index is -0.236. The molecule has 0 aliphatic rings. The Balaban J connectivity index is 1.57. The molecule has 0 saturated carbocycles. The smallest absolute Gasteiger partial charge is 0.227 e. The summed E-state index contributed by atoms with van der Waals surface area (Å²) < 4.78 is 10.4. The second-order valence-electron chi connectivity index (χ2n) is 7.79. The third-order valence-electron chi connectivity index (χ3n) is 5.02. The molecule has 164 valence electrons. The summed E-state index contributed by atoms with van der Waals surface area (Å²) in [5, 5.41) is 6.88. The number of methoxy groups -OCH3 is 1. The maximum atomic E-state index is 12.4. The topological polar surface area (TPSA) is 80.5 Å². The maximum Gasteiger partial charge on any atom is 0.227 e. The van der Waals surface area contributed by atoms with Gasteiger partial charge in [-0.15, -0.1) is 0 Å². The van der Waals surface area contributed by atoms with Crippen LogP contribution in [0.4, 0.5) is 0 Å². The first kappa shape index (κ1) is 22.7. The molecule has 3 aromatic rings. The highest BCUT2D eigenvalue weighted by Crippen LogP contribution is 2.24. The van der Waals surface area contributed by atoms with Crippen molar-refractivity contribution in [3.05, 3.63) is 71.4 Å². The number of benzene rings is 2. The van der Waals surface area contributed by atoms with Crippen molar-refractivity contribution in [1.29, 1.82) is 0 Å². The fourth-order valence-corrected chi connectivity index (χ4v) is 3.25. The molecular formula is C24H30N4O3. The Morgan fingerprint density at radius 3 is 2.61 bits per heavy atom. The molecule has 1 heterocycles. The van der Waals surface area contributed by atoms with Crippen LogP contribution >= 0.6 is 0 Å². The Morgan fingerprint density at radius 2 is 1.90 bits per heavy atom. The maximum absolute atomic E-state index is 12.4. The first-order chi connectivity index (χ1) is 15.0. The van der Waals surface area contributed by atoms with Crippen molar-refractivity contribution in [2.45, 2.75) is 39.0 Å². The van der Waals surface area contributed by atoms with Crippen LogP contribution in [0.3, 0.4) is 0 Å². The number of nitrogens with zero attached hydrogens (tertiary/aromatic N) is 3. The summed E-state index contributed by atoms with van der Waals surface area (Å²) in [6.07, 6.45) is 0.439. The summed E-state index contributed by atoms with van der Waals surface area (Å²) in [6.45, 7) is 3.21. The van der Waals surface area contributed by atoms with Gasteiger partial charge >= 0.3 is 0 Å². The van der Waals surface area contributed by atoms with Gasteiger partial charge in [-0.1, -0.05) is 53.7 Å². The summed E-state index contributed by atoms with van der Waals surface area (Å²) in [7, 11) is 5.71. The third kappa shape index (κ3) is 6.47. The quantitative estimate of drug-likeness (QED) is 0.536. The number of hydrogen-bond donors (Lipinski definition) is 1. The summed E-state index contributed by atoms with van der Waals surface area (Å²) in [6, 6.07) is 16.7. The van der Waals surface area contributed by atoms with Crippen LogP contribution in [0.15, 0.2) is 53.1 Å². The minimum absolute atomic E-state index is 0.0596. The van der Waals surface area contributed by atoms with Crippen molar-refractivity contribution in [2.24, 2.45) is 0 Å². The van der Waals surface area contributed by atoms with Crippen LogP contribution in [0.5, 0.6) is 0 Å². The molecule has 0 spiro atoms. The van der Waals surface area contributed by atoms with E-state index in [-0.39, 0.29) is 18.4 Å². The predicted octanol–water partition coefficient (Wildman–Crippen LogP) is 3.75. The Hall–Kier alpha value is -3.03. The van der Waals surface area contributed by atoms with Crippen LogP contribution in [0.25, 0.3) is 11.1 Å². The van der Waals surface area contributed by atoms with E-state index in [4.69, 9.17) is 9.26 Å². The second kappa shape index (κ2) is 10.8. The van der Waals surface area contributed by atoms with Crippen molar-refractivity contribution in [3.8, 4) is 11.1 Å². The Labute approximate surface area is 183 Å². The summed E-state index contributed by atoms with van der Waals surface area (Å²) in [5.41, 5.74) is 4.60. The molecule has 1 N–H and O–H groups in total. The van der Waals surface area contributed by atoms with E-state index in [1.165, 1.54) is 5.56 Å². The monoisotopic (exact) mass is 422 g/mol.